The van der Waals surface area contributed by atoms with Gasteiger partial charge in [-0.2, -0.15) is 0 Å². The molecule has 10 heteroatoms. The molecule has 2 aromatic heterocycles. The van der Waals surface area contributed by atoms with Crippen molar-refractivity contribution >= 4 is 38.5 Å². The summed E-state index contributed by atoms with van der Waals surface area (Å²) in [6.07, 6.45) is 3.38. The van der Waals surface area contributed by atoms with E-state index in [2.05, 4.69) is 10.3 Å². The summed E-state index contributed by atoms with van der Waals surface area (Å²) in [4.78, 5) is 17.4. The van der Waals surface area contributed by atoms with Crippen molar-refractivity contribution < 1.29 is 18.3 Å². The molecule has 0 bridgehead atoms. The molecule has 4 rings (SSSR count). The number of nitrogens with two attached hydrogens (primary N) is 1. The van der Waals surface area contributed by atoms with E-state index < -0.39 is 16.1 Å². The number of hydrogen-bond donors (Lipinski definition) is 3. The predicted octanol–water partition coefficient (Wildman–Crippen LogP) is 2.09. The molecule has 1 aromatic carbocycles. The number of amides is 1. The summed E-state index contributed by atoms with van der Waals surface area (Å²) in [5.74, 6) is 0. The summed E-state index contributed by atoms with van der Waals surface area (Å²) in [5, 5.41) is 12.1. The molecular weight excluding hydrogens is 394 g/mol. The Morgan fingerprint density at radius 2 is 2.00 bits per heavy atom. The highest BCUT2D eigenvalue weighted by molar-refractivity contribution is 7.90. The lowest BCUT2D eigenvalue weighted by Crippen LogP contribution is -2.47. The number of carbonyl (C=O) groups is 1. The first kappa shape index (κ1) is 19.1. The summed E-state index contributed by atoms with van der Waals surface area (Å²) in [6.45, 7) is 1.14. The van der Waals surface area contributed by atoms with Crippen molar-refractivity contribution in [3.63, 3.8) is 0 Å². The molecule has 29 heavy (non-hydrogen) atoms. The first-order chi connectivity index (χ1) is 13.9. The third-order valence-corrected chi connectivity index (χ3v) is 6.73. The fourth-order valence-corrected chi connectivity index (χ4v) is 5.11. The van der Waals surface area contributed by atoms with Crippen molar-refractivity contribution in [1.82, 2.24) is 14.3 Å². The number of anilines is 2. The van der Waals surface area contributed by atoms with Gasteiger partial charge in [0.05, 0.1) is 22.5 Å². The summed E-state index contributed by atoms with van der Waals surface area (Å²) in [6, 6.07) is 9.61. The largest absolute Gasteiger partial charge is 0.465 e. The zero-order valence-corrected chi connectivity index (χ0v) is 16.3. The van der Waals surface area contributed by atoms with Crippen LogP contribution in [0.5, 0.6) is 0 Å². The summed E-state index contributed by atoms with van der Waals surface area (Å²) < 4.78 is 27.3. The molecule has 0 unspecified atom stereocenters. The van der Waals surface area contributed by atoms with E-state index in [-0.39, 0.29) is 16.6 Å². The summed E-state index contributed by atoms with van der Waals surface area (Å²) in [5.41, 5.74) is 7.57. The van der Waals surface area contributed by atoms with E-state index in [0.29, 0.717) is 29.9 Å². The van der Waals surface area contributed by atoms with Crippen LogP contribution in [0.1, 0.15) is 12.8 Å². The van der Waals surface area contributed by atoms with Crippen molar-refractivity contribution in [2.75, 3.05) is 23.7 Å². The number of aromatic nitrogens is 2. The van der Waals surface area contributed by atoms with E-state index in [1.54, 1.807) is 24.3 Å². The molecule has 1 aliphatic heterocycles. The molecule has 1 amide bonds. The van der Waals surface area contributed by atoms with Gasteiger partial charge >= 0.3 is 6.09 Å². The van der Waals surface area contributed by atoms with Crippen LogP contribution in [-0.4, -0.2) is 47.7 Å². The maximum absolute atomic E-state index is 13.1. The van der Waals surface area contributed by atoms with Crippen LogP contribution in [0.25, 0.3) is 11.0 Å². The molecule has 1 aliphatic rings. The Labute approximate surface area is 167 Å². The molecule has 0 aliphatic carbocycles. The van der Waals surface area contributed by atoms with Crippen LogP contribution in [0.2, 0.25) is 0 Å². The maximum Gasteiger partial charge on any atom is 0.404 e. The minimum Gasteiger partial charge on any atom is -0.465 e. The first-order valence-corrected chi connectivity index (χ1v) is 10.6. The molecule has 152 valence electrons. The number of nitrogens with one attached hydrogen (secondary N) is 1. The molecule has 4 N–H and O–H groups in total. The quantitative estimate of drug-likeness (QED) is 0.595. The summed E-state index contributed by atoms with van der Waals surface area (Å²) in [7, 11) is -3.80. The van der Waals surface area contributed by atoms with Gasteiger partial charge in [0.1, 0.15) is 0 Å². The molecule has 1 atom stereocenters. The number of nitrogen functional groups attached to an aromatic ring is 1. The van der Waals surface area contributed by atoms with E-state index in [4.69, 9.17) is 10.8 Å². The van der Waals surface area contributed by atoms with Crippen LogP contribution in [0.4, 0.5) is 16.2 Å². The van der Waals surface area contributed by atoms with E-state index in [9.17, 15) is 13.2 Å². The molecule has 3 aromatic rings. The monoisotopic (exact) mass is 415 g/mol. The van der Waals surface area contributed by atoms with Crippen LogP contribution in [0, 0.1) is 0 Å². The lowest BCUT2D eigenvalue weighted by atomic mass is 10.0. The van der Waals surface area contributed by atoms with Gasteiger partial charge in [-0.05, 0) is 31.0 Å². The van der Waals surface area contributed by atoms with E-state index in [0.717, 1.165) is 16.8 Å². The highest BCUT2D eigenvalue weighted by atomic mass is 32.2. The minimum atomic E-state index is -3.80. The highest BCUT2D eigenvalue weighted by Gasteiger charge is 2.27. The van der Waals surface area contributed by atoms with Crippen LogP contribution in [0.3, 0.4) is 0 Å². The van der Waals surface area contributed by atoms with Crippen molar-refractivity contribution in [3.8, 4) is 0 Å². The van der Waals surface area contributed by atoms with Crippen LogP contribution in [-0.2, 0) is 10.0 Å². The number of carboxylic acid groups (broad SMARTS) is 1. The first-order valence-electron chi connectivity index (χ1n) is 9.18. The number of benzene rings is 1. The van der Waals surface area contributed by atoms with E-state index in [1.165, 1.54) is 24.5 Å². The standard InChI is InChI=1S/C19H21N5O4S/c20-16-11-21-18-15(17(16)23-9-4-5-13(12-23)22-19(25)26)8-10-24(18)29(27,28)14-6-2-1-3-7-14/h1-3,6-8,10-11,13,22H,4-5,9,12,20H2,(H,25,26)/t13-/m0/s1. The fourth-order valence-electron chi connectivity index (χ4n) is 3.79. The van der Waals surface area contributed by atoms with Gasteiger partial charge in [-0.25, -0.2) is 22.2 Å². The zero-order valence-electron chi connectivity index (χ0n) is 15.5. The fraction of sp³-hybridized carbons (Fsp3) is 0.263. The van der Waals surface area contributed by atoms with Crippen LogP contribution >= 0.6 is 0 Å². The third-order valence-electron chi connectivity index (χ3n) is 5.05. The Morgan fingerprint density at radius 3 is 2.72 bits per heavy atom. The summed E-state index contributed by atoms with van der Waals surface area (Å²) >= 11 is 0. The Kier molecular flexibility index (Phi) is 4.79. The number of rotatable bonds is 4. The number of nitrogens with zero attached hydrogens (tertiary/aromatic N) is 3. The molecule has 9 nitrogen and oxygen atoms in total. The molecule has 0 radical (unpaired) electrons. The molecule has 0 spiro atoms. The number of piperidine rings is 1. The van der Waals surface area contributed by atoms with Gasteiger partial charge in [0.2, 0.25) is 0 Å². The van der Waals surface area contributed by atoms with Gasteiger partial charge in [-0.1, -0.05) is 18.2 Å². The molecule has 1 saturated heterocycles. The normalized spacial score (nSPS) is 17.4. The van der Waals surface area contributed by atoms with Gasteiger partial charge in [0.25, 0.3) is 10.0 Å². The minimum absolute atomic E-state index is 0.168. The Bertz CT molecular complexity index is 1160. The van der Waals surface area contributed by atoms with E-state index in [1.807, 2.05) is 4.90 Å². The zero-order chi connectivity index (χ0) is 20.6. The second-order valence-corrected chi connectivity index (χ2v) is 8.78. The topological polar surface area (TPSA) is 131 Å². The third kappa shape index (κ3) is 3.46. The Balaban J connectivity index is 1.78. The lowest BCUT2D eigenvalue weighted by Gasteiger charge is -2.35. The smallest absolute Gasteiger partial charge is 0.404 e. The van der Waals surface area contributed by atoms with Crippen molar-refractivity contribution in [2.45, 2.75) is 23.8 Å². The van der Waals surface area contributed by atoms with Crippen molar-refractivity contribution in [2.24, 2.45) is 0 Å². The highest BCUT2D eigenvalue weighted by Crippen LogP contribution is 2.35. The Morgan fingerprint density at radius 1 is 1.24 bits per heavy atom. The molecular formula is C19H21N5O4S. The average Bonchev–Trinajstić information content (AvgIpc) is 3.13. The van der Waals surface area contributed by atoms with Crippen LogP contribution in [0.15, 0.2) is 53.7 Å². The van der Waals surface area contributed by atoms with Crippen molar-refractivity contribution in [1.29, 1.82) is 0 Å². The molecule has 0 saturated carbocycles. The number of hydrogen-bond acceptors (Lipinski definition) is 6. The second-order valence-electron chi connectivity index (χ2n) is 6.96. The molecule has 3 heterocycles. The lowest BCUT2D eigenvalue weighted by molar-refractivity contribution is 0.188. The van der Waals surface area contributed by atoms with Crippen molar-refractivity contribution in [3.05, 3.63) is 48.8 Å². The SMILES string of the molecule is Nc1cnc2c(ccn2S(=O)(=O)c2ccccc2)c1N1CCC[C@H](NC(=O)O)C1. The van der Waals surface area contributed by atoms with Gasteiger partial charge in [-0.15, -0.1) is 0 Å². The maximum atomic E-state index is 13.1. The predicted molar refractivity (Wildman–Crippen MR) is 110 cm³/mol. The van der Waals surface area contributed by atoms with E-state index >= 15 is 0 Å². The van der Waals surface area contributed by atoms with Gasteiger partial charge in [0, 0.05) is 30.7 Å². The van der Waals surface area contributed by atoms with Crippen LogP contribution < -0.4 is 16.0 Å². The number of pyridine rings is 1. The van der Waals surface area contributed by atoms with Gasteiger partial charge in [-0.3, -0.25) is 0 Å². The number of fused-ring (bicyclic) bond motifs is 1. The second kappa shape index (κ2) is 7.28. The van der Waals surface area contributed by atoms with Gasteiger partial charge in [0.15, 0.2) is 5.65 Å². The Hall–Kier alpha value is -3.27. The van der Waals surface area contributed by atoms with Gasteiger partial charge < -0.3 is 21.1 Å². The average molecular weight is 415 g/mol. The molecule has 1 fully saturated rings.